The molecular weight excluding hydrogens is 398 g/mol. The molecule has 8 nitrogen and oxygen atoms in total. The second kappa shape index (κ2) is 8.42. The van der Waals surface area contributed by atoms with Crippen molar-refractivity contribution in [2.24, 2.45) is 11.8 Å². The van der Waals surface area contributed by atoms with Gasteiger partial charge in [0.15, 0.2) is 11.5 Å². The molecule has 3 aliphatic rings. The van der Waals surface area contributed by atoms with E-state index in [0.29, 0.717) is 48.5 Å². The Balaban J connectivity index is 1.17. The van der Waals surface area contributed by atoms with Gasteiger partial charge >= 0.3 is 0 Å². The SMILES string of the molecule is CCc1nccn1CCC(=O)N1C[C@H]2C[C@@H](Oc3ccc4c(c3)OCO4)[C@H](O)C[C@H]2C1. The highest BCUT2D eigenvalue weighted by Crippen LogP contribution is 2.40. The lowest BCUT2D eigenvalue weighted by atomic mass is 9.78. The van der Waals surface area contributed by atoms with Crippen molar-refractivity contribution >= 4 is 5.91 Å². The topological polar surface area (TPSA) is 86.1 Å². The average molecular weight is 428 g/mol. The molecule has 1 aliphatic carbocycles. The summed E-state index contributed by atoms with van der Waals surface area (Å²) in [5, 5.41) is 10.7. The number of likely N-dealkylation sites (tertiary alicyclic amines) is 1. The van der Waals surface area contributed by atoms with E-state index in [0.717, 1.165) is 31.8 Å². The van der Waals surface area contributed by atoms with Crippen LogP contribution in [0.25, 0.3) is 0 Å². The summed E-state index contributed by atoms with van der Waals surface area (Å²) in [6, 6.07) is 5.49. The Morgan fingerprint density at radius 1 is 1.23 bits per heavy atom. The van der Waals surface area contributed by atoms with E-state index in [1.165, 1.54) is 0 Å². The molecule has 1 N–H and O–H groups in total. The fourth-order valence-electron chi connectivity index (χ4n) is 5.08. The quantitative estimate of drug-likeness (QED) is 0.761. The Bertz CT molecular complexity index is 945. The summed E-state index contributed by atoms with van der Waals surface area (Å²) in [7, 11) is 0. The highest BCUT2D eigenvalue weighted by Gasteiger charge is 2.43. The number of aliphatic hydroxyl groups excluding tert-OH is 1. The second-order valence-electron chi connectivity index (χ2n) is 8.67. The van der Waals surface area contributed by atoms with Gasteiger partial charge in [-0.25, -0.2) is 4.98 Å². The van der Waals surface area contributed by atoms with Crippen molar-refractivity contribution in [3.8, 4) is 17.2 Å². The number of ether oxygens (including phenoxy) is 3. The van der Waals surface area contributed by atoms with Crippen LogP contribution < -0.4 is 14.2 Å². The Morgan fingerprint density at radius 3 is 2.87 bits per heavy atom. The lowest BCUT2D eigenvalue weighted by Gasteiger charge is -2.35. The van der Waals surface area contributed by atoms with Gasteiger partial charge in [0.2, 0.25) is 12.7 Å². The van der Waals surface area contributed by atoms with Crippen LogP contribution in [0.5, 0.6) is 17.2 Å². The second-order valence-corrected chi connectivity index (χ2v) is 8.67. The van der Waals surface area contributed by atoms with Gasteiger partial charge in [-0.05, 0) is 36.8 Å². The van der Waals surface area contributed by atoms with Gasteiger partial charge in [-0.15, -0.1) is 0 Å². The van der Waals surface area contributed by atoms with Crippen LogP contribution in [-0.2, 0) is 17.8 Å². The van der Waals surface area contributed by atoms with E-state index >= 15 is 0 Å². The van der Waals surface area contributed by atoms with Crippen molar-refractivity contribution in [1.82, 2.24) is 14.5 Å². The summed E-state index contributed by atoms with van der Waals surface area (Å²) in [6.45, 7) is 4.41. The average Bonchev–Trinajstić information content (AvgIpc) is 3.50. The summed E-state index contributed by atoms with van der Waals surface area (Å²) in [5.74, 6) is 3.92. The number of hydrogen-bond donors (Lipinski definition) is 1. The fraction of sp³-hybridized carbons (Fsp3) is 0.565. The summed E-state index contributed by atoms with van der Waals surface area (Å²) in [4.78, 5) is 19.1. The number of nitrogens with zero attached hydrogens (tertiary/aromatic N) is 3. The van der Waals surface area contributed by atoms with Crippen molar-refractivity contribution < 1.29 is 24.1 Å². The minimum atomic E-state index is -0.542. The zero-order valence-electron chi connectivity index (χ0n) is 17.8. The van der Waals surface area contributed by atoms with Gasteiger partial charge < -0.3 is 28.8 Å². The molecule has 2 aromatic rings. The first-order chi connectivity index (χ1) is 15.1. The number of benzene rings is 1. The van der Waals surface area contributed by atoms with Crippen molar-refractivity contribution in [2.45, 2.75) is 51.4 Å². The van der Waals surface area contributed by atoms with E-state index < -0.39 is 6.10 Å². The highest BCUT2D eigenvalue weighted by molar-refractivity contribution is 5.76. The number of fused-ring (bicyclic) bond motifs is 2. The summed E-state index contributed by atoms with van der Waals surface area (Å²) in [5.41, 5.74) is 0. The zero-order valence-corrected chi connectivity index (χ0v) is 17.8. The largest absolute Gasteiger partial charge is 0.488 e. The highest BCUT2D eigenvalue weighted by atomic mass is 16.7. The number of carbonyl (C=O) groups excluding carboxylic acids is 1. The van der Waals surface area contributed by atoms with Crippen LogP contribution in [0.1, 0.15) is 32.0 Å². The standard InChI is InChI=1S/C23H29N3O5/c1-2-22-24-6-8-25(22)7-5-23(28)26-12-15-9-18(27)20(10-16(15)13-26)31-17-3-4-19-21(11-17)30-14-29-19/h3-4,6,8,11,15-16,18,20,27H,2,5,7,9-10,12-14H2,1H3/t15-,16+,18+,20+/m0/s1. The molecule has 2 fully saturated rings. The molecule has 0 bridgehead atoms. The molecule has 1 amide bonds. The third-order valence-electron chi connectivity index (χ3n) is 6.75. The van der Waals surface area contributed by atoms with Crippen LogP contribution in [0.2, 0.25) is 0 Å². The number of aromatic nitrogens is 2. The van der Waals surface area contributed by atoms with Crippen LogP contribution in [0, 0.1) is 11.8 Å². The van der Waals surface area contributed by atoms with Gasteiger partial charge in [0.05, 0.1) is 6.10 Å². The van der Waals surface area contributed by atoms with Crippen molar-refractivity contribution in [2.75, 3.05) is 19.9 Å². The maximum Gasteiger partial charge on any atom is 0.231 e. The molecular formula is C23H29N3O5. The number of aliphatic hydroxyl groups is 1. The van der Waals surface area contributed by atoms with Crippen LogP contribution >= 0.6 is 0 Å². The van der Waals surface area contributed by atoms with Gasteiger partial charge in [0.1, 0.15) is 17.7 Å². The molecule has 1 saturated carbocycles. The maximum atomic E-state index is 12.8. The summed E-state index contributed by atoms with van der Waals surface area (Å²) < 4.78 is 18.9. The molecule has 31 heavy (non-hydrogen) atoms. The van der Waals surface area contributed by atoms with Crippen LogP contribution in [0.15, 0.2) is 30.6 Å². The first kappa shape index (κ1) is 20.2. The molecule has 3 heterocycles. The molecule has 4 atom stereocenters. The van der Waals surface area contributed by atoms with Gasteiger partial charge in [0.25, 0.3) is 0 Å². The number of imidazole rings is 1. The first-order valence-electron chi connectivity index (χ1n) is 11.1. The van der Waals surface area contributed by atoms with E-state index in [4.69, 9.17) is 14.2 Å². The van der Waals surface area contributed by atoms with E-state index in [-0.39, 0.29) is 18.8 Å². The molecule has 0 radical (unpaired) electrons. The molecule has 0 unspecified atom stereocenters. The van der Waals surface area contributed by atoms with Crippen LogP contribution in [0.3, 0.4) is 0 Å². The first-order valence-corrected chi connectivity index (χ1v) is 11.1. The molecule has 1 aromatic heterocycles. The predicted molar refractivity (Wildman–Crippen MR) is 112 cm³/mol. The minimum Gasteiger partial charge on any atom is -0.488 e. The smallest absolute Gasteiger partial charge is 0.231 e. The third-order valence-corrected chi connectivity index (χ3v) is 6.75. The van der Waals surface area contributed by atoms with Gasteiger partial charge in [-0.2, -0.15) is 0 Å². The number of aryl methyl sites for hydroxylation is 2. The fourth-order valence-corrected chi connectivity index (χ4v) is 5.08. The molecule has 0 spiro atoms. The van der Waals surface area contributed by atoms with Gasteiger partial charge in [-0.3, -0.25) is 4.79 Å². The Morgan fingerprint density at radius 2 is 2.03 bits per heavy atom. The zero-order chi connectivity index (χ0) is 21.4. The molecule has 8 heteroatoms. The van der Waals surface area contributed by atoms with Gasteiger partial charge in [0, 0.05) is 50.9 Å². The molecule has 166 valence electrons. The van der Waals surface area contributed by atoms with E-state index in [9.17, 15) is 9.90 Å². The van der Waals surface area contributed by atoms with Crippen LogP contribution in [-0.4, -0.2) is 57.6 Å². The lowest BCUT2D eigenvalue weighted by molar-refractivity contribution is -0.130. The number of rotatable bonds is 6. The minimum absolute atomic E-state index is 0.174. The normalized spacial score (nSPS) is 26.7. The number of carbonyl (C=O) groups is 1. The monoisotopic (exact) mass is 427 g/mol. The third kappa shape index (κ3) is 4.08. The van der Waals surface area contributed by atoms with E-state index in [1.54, 1.807) is 6.20 Å². The summed E-state index contributed by atoms with van der Waals surface area (Å²) in [6.07, 6.45) is 5.63. The van der Waals surface area contributed by atoms with Crippen molar-refractivity contribution in [3.05, 3.63) is 36.4 Å². The van der Waals surface area contributed by atoms with E-state index in [1.807, 2.05) is 29.3 Å². The molecule has 1 aromatic carbocycles. The Labute approximate surface area is 181 Å². The predicted octanol–water partition coefficient (Wildman–Crippen LogP) is 2.24. The van der Waals surface area contributed by atoms with Crippen molar-refractivity contribution in [1.29, 1.82) is 0 Å². The van der Waals surface area contributed by atoms with E-state index in [2.05, 4.69) is 16.5 Å². The Hall–Kier alpha value is -2.74. The van der Waals surface area contributed by atoms with Gasteiger partial charge in [-0.1, -0.05) is 6.92 Å². The number of amides is 1. The number of hydrogen-bond acceptors (Lipinski definition) is 6. The van der Waals surface area contributed by atoms with Crippen LogP contribution in [0.4, 0.5) is 0 Å². The molecule has 1 saturated heterocycles. The summed E-state index contributed by atoms with van der Waals surface area (Å²) >= 11 is 0. The molecule has 2 aliphatic heterocycles. The Kier molecular flexibility index (Phi) is 5.48. The molecule has 5 rings (SSSR count). The lowest BCUT2D eigenvalue weighted by Crippen LogP contribution is -2.42. The maximum absolute atomic E-state index is 12.8. The van der Waals surface area contributed by atoms with Crippen molar-refractivity contribution in [3.63, 3.8) is 0 Å².